The minimum Gasteiger partial charge on any atom is -0.444 e. The summed E-state index contributed by atoms with van der Waals surface area (Å²) in [6, 6.07) is 0. The molecule has 22 heavy (non-hydrogen) atoms. The number of sulfone groups is 1. The van der Waals surface area contributed by atoms with Crippen LogP contribution in [0, 0.1) is 5.92 Å². The van der Waals surface area contributed by atoms with Gasteiger partial charge in [0, 0.05) is 25.5 Å². The average Bonchev–Trinajstić information content (AvgIpc) is 2.86. The first-order chi connectivity index (χ1) is 10.2. The lowest BCUT2D eigenvalue weighted by molar-refractivity contribution is 0.0289. The first-order valence-corrected chi connectivity index (χ1v) is 8.79. The zero-order chi connectivity index (χ0) is 16.4. The third-order valence-corrected chi connectivity index (χ3v) is 5.01. The molecule has 1 saturated heterocycles. The van der Waals surface area contributed by atoms with E-state index in [2.05, 4.69) is 9.97 Å². The van der Waals surface area contributed by atoms with Gasteiger partial charge in [-0.2, -0.15) is 0 Å². The lowest BCUT2D eigenvalue weighted by atomic mass is 10.2. The average molecular weight is 327 g/mol. The van der Waals surface area contributed by atoms with E-state index in [1.54, 1.807) is 25.7 Å². The first-order valence-electron chi connectivity index (χ1n) is 7.14. The molecule has 2 rings (SSSR count). The topological polar surface area (TPSA) is 89.5 Å². The van der Waals surface area contributed by atoms with E-state index in [9.17, 15) is 13.2 Å². The van der Waals surface area contributed by atoms with Gasteiger partial charge in [-0.05, 0) is 33.1 Å². The third-order valence-electron chi connectivity index (χ3n) is 3.25. The molecule has 1 aromatic heterocycles. The van der Waals surface area contributed by atoms with Crippen molar-refractivity contribution in [3.63, 3.8) is 0 Å². The Morgan fingerprint density at radius 2 is 2.14 bits per heavy atom. The fraction of sp³-hybridized carbons (Fsp3) is 0.643. The summed E-state index contributed by atoms with van der Waals surface area (Å²) < 4.78 is 29.8. The summed E-state index contributed by atoms with van der Waals surface area (Å²) in [6.07, 6.45) is 4.27. The predicted molar refractivity (Wildman–Crippen MR) is 80.0 cm³/mol. The quantitative estimate of drug-likeness (QED) is 0.836. The van der Waals surface area contributed by atoms with E-state index in [-0.39, 0.29) is 16.7 Å². The van der Waals surface area contributed by atoms with Crippen molar-refractivity contribution in [3.05, 3.63) is 18.6 Å². The van der Waals surface area contributed by atoms with Gasteiger partial charge >= 0.3 is 6.09 Å². The van der Waals surface area contributed by atoms with E-state index in [1.165, 1.54) is 18.6 Å². The minimum absolute atomic E-state index is 0.0225. The van der Waals surface area contributed by atoms with Gasteiger partial charge < -0.3 is 9.64 Å². The van der Waals surface area contributed by atoms with Crippen LogP contribution in [0.5, 0.6) is 0 Å². The summed E-state index contributed by atoms with van der Waals surface area (Å²) in [5.41, 5.74) is -0.555. The summed E-state index contributed by atoms with van der Waals surface area (Å²) in [7, 11) is -3.48. The highest BCUT2D eigenvalue weighted by Gasteiger charge is 2.33. The van der Waals surface area contributed by atoms with Gasteiger partial charge in [-0.25, -0.2) is 18.2 Å². The molecular weight excluding hydrogens is 306 g/mol. The van der Waals surface area contributed by atoms with Crippen LogP contribution in [0.3, 0.4) is 0 Å². The number of hydrogen-bond donors (Lipinski definition) is 0. The number of carbonyl (C=O) groups excluding carboxylic acids is 1. The van der Waals surface area contributed by atoms with Crippen LogP contribution < -0.4 is 0 Å². The first kappa shape index (κ1) is 16.7. The Balaban J connectivity index is 1.95. The Kier molecular flexibility index (Phi) is 4.69. The second-order valence-corrected chi connectivity index (χ2v) is 8.39. The molecule has 1 aromatic rings. The van der Waals surface area contributed by atoms with E-state index in [0.29, 0.717) is 19.5 Å². The van der Waals surface area contributed by atoms with Crippen LogP contribution in [0.15, 0.2) is 23.6 Å². The second-order valence-electron chi connectivity index (χ2n) is 6.41. The van der Waals surface area contributed by atoms with E-state index >= 15 is 0 Å². The number of amides is 1. The summed E-state index contributed by atoms with van der Waals surface area (Å²) in [6.45, 7) is 6.30. The van der Waals surface area contributed by atoms with Crippen molar-refractivity contribution in [2.45, 2.75) is 37.8 Å². The Bertz CT molecular complexity index is 625. The number of nitrogens with zero attached hydrogens (tertiary/aromatic N) is 3. The molecule has 0 N–H and O–H groups in total. The zero-order valence-electron chi connectivity index (χ0n) is 13.0. The molecular formula is C14H21N3O4S. The molecule has 0 aromatic carbocycles. The highest BCUT2D eigenvalue weighted by atomic mass is 32.2. The molecule has 1 amide bonds. The maximum atomic E-state index is 12.3. The van der Waals surface area contributed by atoms with Gasteiger partial charge in [-0.1, -0.05) is 0 Å². The number of ether oxygens (including phenoxy) is 1. The molecule has 0 bridgehead atoms. The molecule has 1 fully saturated rings. The molecule has 8 heteroatoms. The van der Waals surface area contributed by atoms with Gasteiger partial charge in [0.1, 0.15) is 5.60 Å². The van der Waals surface area contributed by atoms with E-state index in [0.717, 1.165) is 0 Å². The van der Waals surface area contributed by atoms with Crippen molar-refractivity contribution in [3.8, 4) is 0 Å². The normalized spacial score (nSPS) is 19.2. The van der Waals surface area contributed by atoms with E-state index in [1.807, 2.05) is 0 Å². The monoisotopic (exact) mass is 327 g/mol. The van der Waals surface area contributed by atoms with Crippen LogP contribution in [0.4, 0.5) is 4.79 Å². The van der Waals surface area contributed by atoms with Crippen LogP contribution >= 0.6 is 0 Å². The standard InChI is InChI=1S/C14H21N3O4S/c1-14(2,3)21-13(18)17-7-4-11(9-17)10-22(19,20)12-8-15-5-6-16-12/h5-6,8,11H,4,7,9-10H2,1-3H3/t11-/m1/s1. The fourth-order valence-electron chi connectivity index (χ4n) is 2.30. The van der Waals surface area contributed by atoms with Gasteiger partial charge in [-0.3, -0.25) is 4.98 Å². The third kappa shape index (κ3) is 4.40. The predicted octanol–water partition coefficient (Wildman–Crippen LogP) is 1.51. The Labute approximate surface area is 130 Å². The second kappa shape index (κ2) is 6.20. The number of aromatic nitrogens is 2. The van der Waals surface area contributed by atoms with Crippen LogP contribution in [-0.4, -0.2) is 53.8 Å². The molecule has 0 spiro atoms. The lowest BCUT2D eigenvalue weighted by Crippen LogP contribution is -2.35. The molecule has 122 valence electrons. The molecule has 0 saturated carbocycles. The highest BCUT2D eigenvalue weighted by molar-refractivity contribution is 7.91. The van der Waals surface area contributed by atoms with Crippen LogP contribution in [0.25, 0.3) is 0 Å². The largest absolute Gasteiger partial charge is 0.444 e. The van der Waals surface area contributed by atoms with Crippen LogP contribution in [-0.2, 0) is 14.6 Å². The summed E-state index contributed by atoms with van der Waals surface area (Å²) in [5, 5.41) is -0.0225. The Morgan fingerprint density at radius 3 is 2.73 bits per heavy atom. The van der Waals surface area contributed by atoms with Gasteiger partial charge in [0.05, 0.1) is 11.9 Å². The molecule has 0 unspecified atom stereocenters. The van der Waals surface area contributed by atoms with E-state index in [4.69, 9.17) is 4.74 Å². The van der Waals surface area contributed by atoms with Crippen LogP contribution in [0.1, 0.15) is 27.2 Å². The van der Waals surface area contributed by atoms with Gasteiger partial charge in [0.2, 0.25) is 0 Å². The number of hydrogen-bond acceptors (Lipinski definition) is 6. The smallest absolute Gasteiger partial charge is 0.410 e. The number of carbonyl (C=O) groups is 1. The Morgan fingerprint density at radius 1 is 1.41 bits per heavy atom. The molecule has 7 nitrogen and oxygen atoms in total. The Hall–Kier alpha value is -1.70. The van der Waals surface area contributed by atoms with Crippen LogP contribution in [0.2, 0.25) is 0 Å². The summed E-state index contributed by atoms with van der Waals surface area (Å²) in [5.74, 6) is -0.148. The summed E-state index contributed by atoms with van der Waals surface area (Å²) in [4.78, 5) is 21.2. The molecule has 1 aliphatic rings. The lowest BCUT2D eigenvalue weighted by Gasteiger charge is -2.24. The van der Waals surface area contributed by atoms with Crippen molar-refractivity contribution < 1.29 is 17.9 Å². The highest BCUT2D eigenvalue weighted by Crippen LogP contribution is 2.22. The van der Waals surface area contributed by atoms with E-state index < -0.39 is 21.5 Å². The van der Waals surface area contributed by atoms with Crippen molar-refractivity contribution >= 4 is 15.9 Å². The molecule has 2 heterocycles. The minimum atomic E-state index is -3.48. The zero-order valence-corrected chi connectivity index (χ0v) is 13.8. The molecule has 0 aliphatic carbocycles. The van der Waals surface area contributed by atoms with Crippen molar-refractivity contribution in [1.82, 2.24) is 14.9 Å². The van der Waals surface area contributed by atoms with Gasteiger partial charge in [-0.15, -0.1) is 0 Å². The maximum Gasteiger partial charge on any atom is 0.410 e. The van der Waals surface area contributed by atoms with Gasteiger partial charge in [0.15, 0.2) is 14.9 Å². The van der Waals surface area contributed by atoms with Gasteiger partial charge in [0.25, 0.3) is 0 Å². The molecule has 1 atom stereocenters. The SMILES string of the molecule is CC(C)(C)OC(=O)N1CC[C@@H](CS(=O)(=O)c2cnccn2)C1. The van der Waals surface area contributed by atoms with Crippen molar-refractivity contribution in [1.29, 1.82) is 0 Å². The molecule has 1 aliphatic heterocycles. The van der Waals surface area contributed by atoms with Crippen molar-refractivity contribution in [2.75, 3.05) is 18.8 Å². The summed E-state index contributed by atoms with van der Waals surface area (Å²) >= 11 is 0. The number of likely N-dealkylation sites (tertiary alicyclic amines) is 1. The number of rotatable bonds is 3. The fourth-order valence-corrected chi connectivity index (χ4v) is 3.81. The maximum absolute atomic E-state index is 12.3. The van der Waals surface area contributed by atoms with Crippen molar-refractivity contribution in [2.24, 2.45) is 5.92 Å². The molecule has 0 radical (unpaired) electrons.